The van der Waals surface area contributed by atoms with Gasteiger partial charge in [-0.3, -0.25) is 9.59 Å². The zero-order valence-electron chi connectivity index (χ0n) is 9.30. The molecule has 0 spiro atoms. The van der Waals surface area contributed by atoms with Crippen LogP contribution >= 0.6 is 0 Å². The van der Waals surface area contributed by atoms with Crippen LogP contribution in [-0.4, -0.2) is 28.0 Å². The van der Waals surface area contributed by atoms with Crippen LogP contribution in [0.5, 0.6) is 0 Å². The van der Waals surface area contributed by atoms with Gasteiger partial charge in [-0.2, -0.15) is 0 Å². The fourth-order valence-electron chi connectivity index (χ4n) is 1.30. The van der Waals surface area contributed by atoms with Gasteiger partial charge in [-0.25, -0.2) is 0 Å². The standard InChI is InChI=1S/C10H14N4O3/c1-6(4-8(11)14-17)13-10(16)7-2-3-12-9(15)5-7/h2-3,5-6,17H,4H2,1H3,(H2,11,14)(H,12,15)(H,13,16). The van der Waals surface area contributed by atoms with Crippen molar-refractivity contribution in [3.05, 3.63) is 34.2 Å². The first-order valence-corrected chi connectivity index (χ1v) is 4.99. The summed E-state index contributed by atoms with van der Waals surface area (Å²) in [6, 6.07) is 2.40. The molecule has 0 fully saturated rings. The largest absolute Gasteiger partial charge is 0.409 e. The number of amidine groups is 1. The topological polar surface area (TPSA) is 121 Å². The number of nitrogens with zero attached hydrogens (tertiary/aromatic N) is 1. The van der Waals surface area contributed by atoms with Crippen molar-refractivity contribution in [2.45, 2.75) is 19.4 Å². The number of nitrogens with one attached hydrogen (secondary N) is 2. The van der Waals surface area contributed by atoms with Crippen LogP contribution in [0.25, 0.3) is 0 Å². The highest BCUT2D eigenvalue weighted by Crippen LogP contribution is 1.97. The number of pyridine rings is 1. The molecule has 0 saturated heterocycles. The molecule has 0 aromatic carbocycles. The van der Waals surface area contributed by atoms with E-state index in [1.165, 1.54) is 18.3 Å². The summed E-state index contributed by atoms with van der Waals surface area (Å²) in [5.74, 6) is -0.349. The lowest BCUT2D eigenvalue weighted by atomic mass is 10.2. The maximum atomic E-state index is 11.7. The highest BCUT2D eigenvalue weighted by molar-refractivity contribution is 5.94. The molecule has 92 valence electrons. The summed E-state index contributed by atoms with van der Waals surface area (Å²) in [5.41, 5.74) is 5.22. The number of hydrogen-bond donors (Lipinski definition) is 4. The molecule has 1 unspecified atom stereocenters. The minimum atomic E-state index is -0.380. The van der Waals surface area contributed by atoms with E-state index in [0.29, 0.717) is 0 Å². The first kappa shape index (κ1) is 12.8. The van der Waals surface area contributed by atoms with Crippen molar-refractivity contribution in [2.24, 2.45) is 10.9 Å². The molecule has 0 aliphatic heterocycles. The van der Waals surface area contributed by atoms with Gasteiger partial charge in [0, 0.05) is 30.3 Å². The normalized spacial score (nSPS) is 13.1. The average Bonchev–Trinajstić information content (AvgIpc) is 2.28. The van der Waals surface area contributed by atoms with Gasteiger partial charge in [0.05, 0.1) is 0 Å². The molecule has 1 aromatic heterocycles. The van der Waals surface area contributed by atoms with Crippen LogP contribution in [0.3, 0.4) is 0 Å². The summed E-state index contributed by atoms with van der Waals surface area (Å²) in [5, 5.41) is 13.8. The van der Waals surface area contributed by atoms with E-state index < -0.39 is 0 Å². The third-order valence-corrected chi connectivity index (χ3v) is 2.06. The maximum absolute atomic E-state index is 11.7. The number of aromatic amines is 1. The summed E-state index contributed by atoms with van der Waals surface area (Å²) in [6.07, 6.45) is 1.62. The Morgan fingerprint density at radius 2 is 2.41 bits per heavy atom. The minimum Gasteiger partial charge on any atom is -0.409 e. The van der Waals surface area contributed by atoms with Gasteiger partial charge in [-0.1, -0.05) is 5.16 Å². The molecule has 0 aliphatic carbocycles. The molecule has 5 N–H and O–H groups in total. The van der Waals surface area contributed by atoms with Crippen LogP contribution in [-0.2, 0) is 0 Å². The van der Waals surface area contributed by atoms with E-state index in [4.69, 9.17) is 10.9 Å². The van der Waals surface area contributed by atoms with Crippen LogP contribution in [0.1, 0.15) is 23.7 Å². The van der Waals surface area contributed by atoms with Crippen LogP contribution in [0, 0.1) is 0 Å². The Hall–Kier alpha value is -2.31. The molecule has 0 radical (unpaired) electrons. The van der Waals surface area contributed by atoms with Crippen molar-refractivity contribution in [1.29, 1.82) is 0 Å². The summed E-state index contributed by atoms with van der Waals surface area (Å²) < 4.78 is 0. The number of carbonyl (C=O) groups is 1. The van der Waals surface area contributed by atoms with Crippen molar-refractivity contribution >= 4 is 11.7 Å². The monoisotopic (exact) mass is 238 g/mol. The molecule has 0 saturated carbocycles. The van der Waals surface area contributed by atoms with Crippen LogP contribution in [0.4, 0.5) is 0 Å². The number of oxime groups is 1. The molecule has 1 aromatic rings. The van der Waals surface area contributed by atoms with Crippen molar-refractivity contribution in [3.8, 4) is 0 Å². The molecule has 1 rings (SSSR count). The molecule has 1 atom stereocenters. The number of nitrogens with two attached hydrogens (primary N) is 1. The predicted molar refractivity (Wildman–Crippen MR) is 62.0 cm³/mol. The van der Waals surface area contributed by atoms with E-state index in [-0.39, 0.29) is 35.3 Å². The van der Waals surface area contributed by atoms with Gasteiger partial charge < -0.3 is 21.2 Å². The first-order chi connectivity index (χ1) is 8.02. The molecule has 7 heteroatoms. The number of H-pyrrole nitrogens is 1. The molecular formula is C10H14N4O3. The summed E-state index contributed by atoms with van der Waals surface area (Å²) in [4.78, 5) is 25.1. The molecular weight excluding hydrogens is 224 g/mol. The van der Waals surface area contributed by atoms with Crippen molar-refractivity contribution in [3.63, 3.8) is 0 Å². The second kappa shape index (κ2) is 5.69. The van der Waals surface area contributed by atoms with Crippen molar-refractivity contribution in [1.82, 2.24) is 10.3 Å². The lowest BCUT2D eigenvalue weighted by Gasteiger charge is -2.12. The van der Waals surface area contributed by atoms with E-state index in [1.807, 2.05) is 0 Å². The molecule has 1 amide bonds. The van der Waals surface area contributed by atoms with Gasteiger partial charge in [0.15, 0.2) is 0 Å². The average molecular weight is 238 g/mol. The number of aromatic nitrogens is 1. The molecule has 0 bridgehead atoms. The number of rotatable bonds is 4. The number of hydrogen-bond acceptors (Lipinski definition) is 4. The Balaban J connectivity index is 2.64. The van der Waals surface area contributed by atoms with Gasteiger partial charge in [-0.15, -0.1) is 0 Å². The highest BCUT2D eigenvalue weighted by Gasteiger charge is 2.11. The van der Waals surface area contributed by atoms with Crippen molar-refractivity contribution < 1.29 is 10.0 Å². The summed E-state index contributed by atoms with van der Waals surface area (Å²) in [6.45, 7) is 1.71. The number of carbonyl (C=O) groups excluding carboxylic acids is 1. The Morgan fingerprint density at radius 3 is 3.00 bits per heavy atom. The summed E-state index contributed by atoms with van der Waals surface area (Å²) in [7, 11) is 0. The molecule has 7 nitrogen and oxygen atoms in total. The Kier molecular flexibility index (Phi) is 4.27. The van der Waals surface area contributed by atoms with E-state index in [0.717, 1.165) is 0 Å². The SMILES string of the molecule is CC(C/C(N)=N/O)NC(=O)c1cc[nH]c(=O)c1. The first-order valence-electron chi connectivity index (χ1n) is 4.99. The fraction of sp³-hybridized carbons (Fsp3) is 0.300. The van der Waals surface area contributed by atoms with E-state index >= 15 is 0 Å². The van der Waals surface area contributed by atoms with Crippen LogP contribution in [0.2, 0.25) is 0 Å². The smallest absolute Gasteiger partial charge is 0.251 e. The lowest BCUT2D eigenvalue weighted by molar-refractivity contribution is 0.0941. The van der Waals surface area contributed by atoms with Gasteiger partial charge >= 0.3 is 0 Å². The Bertz CT molecular complexity index is 480. The quantitative estimate of drug-likeness (QED) is 0.247. The Morgan fingerprint density at radius 1 is 1.71 bits per heavy atom. The van der Waals surface area contributed by atoms with Crippen LogP contribution in [0.15, 0.2) is 28.3 Å². The third kappa shape index (κ3) is 3.98. The number of amides is 1. The molecule has 17 heavy (non-hydrogen) atoms. The zero-order valence-corrected chi connectivity index (χ0v) is 9.30. The van der Waals surface area contributed by atoms with Crippen LogP contribution < -0.4 is 16.6 Å². The van der Waals surface area contributed by atoms with E-state index in [2.05, 4.69) is 15.5 Å². The minimum absolute atomic E-state index is 0.0312. The zero-order chi connectivity index (χ0) is 12.8. The van der Waals surface area contributed by atoms with Crippen molar-refractivity contribution in [2.75, 3.05) is 0 Å². The predicted octanol–water partition coefficient (Wildman–Crippen LogP) is -0.370. The van der Waals surface area contributed by atoms with E-state index in [1.54, 1.807) is 6.92 Å². The highest BCUT2D eigenvalue weighted by atomic mass is 16.4. The van der Waals surface area contributed by atoms with E-state index in [9.17, 15) is 9.59 Å². The lowest BCUT2D eigenvalue weighted by Crippen LogP contribution is -2.36. The fourth-order valence-corrected chi connectivity index (χ4v) is 1.30. The second-order valence-corrected chi connectivity index (χ2v) is 3.61. The van der Waals surface area contributed by atoms with Gasteiger partial charge in [-0.05, 0) is 13.0 Å². The maximum Gasteiger partial charge on any atom is 0.251 e. The van der Waals surface area contributed by atoms with Gasteiger partial charge in [0.25, 0.3) is 5.91 Å². The second-order valence-electron chi connectivity index (χ2n) is 3.61. The third-order valence-electron chi connectivity index (χ3n) is 2.06. The Labute approximate surface area is 97.3 Å². The van der Waals surface area contributed by atoms with Gasteiger partial charge in [0.1, 0.15) is 5.84 Å². The molecule has 1 heterocycles. The molecule has 0 aliphatic rings. The van der Waals surface area contributed by atoms with Gasteiger partial charge in [0.2, 0.25) is 5.56 Å². The summed E-state index contributed by atoms with van der Waals surface area (Å²) >= 11 is 0.